The predicted octanol–water partition coefficient (Wildman–Crippen LogP) is 3.27. The van der Waals surface area contributed by atoms with E-state index in [1.807, 2.05) is 0 Å². The molecule has 0 amide bonds. The highest BCUT2D eigenvalue weighted by Gasteiger charge is 2.36. The molecule has 0 unspecified atom stereocenters. The number of methoxy groups -OCH3 is 2. The highest BCUT2D eigenvalue weighted by molar-refractivity contribution is 5.98. The number of carbonyl (C=O) groups is 2. The fourth-order valence-corrected chi connectivity index (χ4v) is 3.63. The molecule has 2 aromatic rings. The first-order valence-electron chi connectivity index (χ1n) is 9.50. The second-order valence-electron chi connectivity index (χ2n) is 7.00. The molecule has 0 fully saturated rings. The number of ether oxygens (including phenoxy) is 4. The third-order valence-corrected chi connectivity index (χ3v) is 5.08. The minimum Gasteiger partial charge on any atom is -0.466 e. The van der Waals surface area contributed by atoms with Gasteiger partial charge in [0.15, 0.2) is 11.5 Å². The van der Waals surface area contributed by atoms with Crippen LogP contribution in [0.15, 0.2) is 66.0 Å². The van der Waals surface area contributed by atoms with Gasteiger partial charge in [-0.25, -0.2) is 14.0 Å². The van der Waals surface area contributed by atoms with Crippen LogP contribution in [-0.2, 0) is 25.6 Å². The summed E-state index contributed by atoms with van der Waals surface area (Å²) in [7, 11) is 2.56. The zero-order chi connectivity index (χ0) is 22.0. The van der Waals surface area contributed by atoms with E-state index in [0.717, 1.165) is 5.56 Å². The second-order valence-corrected chi connectivity index (χ2v) is 7.00. The molecule has 0 radical (unpaired) electrons. The number of rotatable bonds is 5. The molecule has 7 nitrogen and oxygen atoms in total. The number of esters is 2. The molecule has 0 spiro atoms. The van der Waals surface area contributed by atoms with Gasteiger partial charge >= 0.3 is 11.9 Å². The number of hydrogen-bond donors (Lipinski definition) is 0. The van der Waals surface area contributed by atoms with Crippen molar-refractivity contribution in [2.45, 2.75) is 12.5 Å². The van der Waals surface area contributed by atoms with Crippen molar-refractivity contribution in [2.75, 3.05) is 21.0 Å². The molecule has 0 saturated carbocycles. The minimum atomic E-state index is -0.723. The molecule has 2 aromatic carbocycles. The van der Waals surface area contributed by atoms with Gasteiger partial charge in [-0.3, -0.25) is 0 Å². The number of fused-ring (bicyclic) bond motifs is 1. The van der Waals surface area contributed by atoms with Gasteiger partial charge in [0.05, 0.1) is 31.3 Å². The molecular formula is C23H20FNO6. The molecule has 2 aliphatic heterocycles. The molecule has 0 aromatic heterocycles. The van der Waals surface area contributed by atoms with E-state index in [-0.39, 0.29) is 23.8 Å². The average Bonchev–Trinajstić information content (AvgIpc) is 3.27. The summed E-state index contributed by atoms with van der Waals surface area (Å²) in [5, 5.41) is 0. The Morgan fingerprint density at radius 1 is 0.968 bits per heavy atom. The molecule has 4 rings (SSSR count). The van der Waals surface area contributed by atoms with Gasteiger partial charge in [0.25, 0.3) is 0 Å². The van der Waals surface area contributed by atoms with Gasteiger partial charge in [-0.15, -0.1) is 0 Å². The summed E-state index contributed by atoms with van der Waals surface area (Å²) in [6.07, 6.45) is 3.24. The standard InChI is InChI=1S/C23H20FNO6/c1-28-22(26)17-11-25(10-14-3-6-16(24)7-4-14)12-18(23(27)29-2)21(17)15-5-8-19-20(9-15)31-13-30-19/h3-9,11-12,21H,10,13H2,1-2H3. The number of hydrogen-bond acceptors (Lipinski definition) is 7. The van der Waals surface area contributed by atoms with Crippen LogP contribution in [0.1, 0.15) is 17.0 Å². The SMILES string of the molecule is COC(=O)C1=CN(Cc2ccc(F)cc2)C=C(C(=O)OC)C1c1ccc2c(c1)OCO2. The van der Waals surface area contributed by atoms with E-state index in [4.69, 9.17) is 18.9 Å². The van der Waals surface area contributed by atoms with Crippen molar-refractivity contribution >= 4 is 11.9 Å². The summed E-state index contributed by atoms with van der Waals surface area (Å²) >= 11 is 0. The number of benzene rings is 2. The largest absolute Gasteiger partial charge is 0.466 e. The van der Waals surface area contributed by atoms with Gasteiger partial charge in [-0.05, 0) is 35.4 Å². The molecule has 8 heteroatoms. The van der Waals surface area contributed by atoms with Gasteiger partial charge in [-0.2, -0.15) is 0 Å². The Balaban J connectivity index is 1.76. The molecule has 0 saturated heterocycles. The summed E-state index contributed by atoms with van der Waals surface area (Å²) in [5.74, 6) is -1.12. The number of carbonyl (C=O) groups excluding carboxylic acids is 2. The van der Waals surface area contributed by atoms with Crippen molar-refractivity contribution < 1.29 is 32.9 Å². The van der Waals surface area contributed by atoms with Crippen molar-refractivity contribution in [3.8, 4) is 11.5 Å². The van der Waals surface area contributed by atoms with Gasteiger partial charge in [0.1, 0.15) is 5.82 Å². The first-order chi connectivity index (χ1) is 15.0. The zero-order valence-electron chi connectivity index (χ0n) is 17.0. The second kappa shape index (κ2) is 8.51. The highest BCUT2D eigenvalue weighted by atomic mass is 19.1. The number of nitrogens with zero attached hydrogens (tertiary/aromatic N) is 1. The van der Waals surface area contributed by atoms with E-state index in [1.54, 1.807) is 47.6 Å². The molecule has 2 heterocycles. The lowest BCUT2D eigenvalue weighted by Crippen LogP contribution is -2.28. The van der Waals surface area contributed by atoms with Crippen LogP contribution in [0.5, 0.6) is 11.5 Å². The van der Waals surface area contributed by atoms with E-state index in [0.29, 0.717) is 23.6 Å². The maximum atomic E-state index is 13.2. The quantitative estimate of drug-likeness (QED) is 0.681. The third kappa shape index (κ3) is 4.09. The molecule has 2 aliphatic rings. The Bertz CT molecular complexity index is 1040. The maximum absolute atomic E-state index is 13.2. The summed E-state index contributed by atoms with van der Waals surface area (Å²) in [5.41, 5.74) is 1.96. The molecule has 0 aliphatic carbocycles. The average molecular weight is 425 g/mol. The van der Waals surface area contributed by atoms with Crippen LogP contribution in [0, 0.1) is 5.82 Å². The summed E-state index contributed by atoms with van der Waals surface area (Å²) in [4.78, 5) is 27.0. The fourth-order valence-electron chi connectivity index (χ4n) is 3.63. The third-order valence-electron chi connectivity index (χ3n) is 5.08. The topological polar surface area (TPSA) is 74.3 Å². The van der Waals surface area contributed by atoms with Crippen LogP contribution >= 0.6 is 0 Å². The summed E-state index contributed by atoms with van der Waals surface area (Å²) in [6.45, 7) is 0.420. The zero-order valence-corrected chi connectivity index (χ0v) is 17.0. The maximum Gasteiger partial charge on any atom is 0.336 e. The van der Waals surface area contributed by atoms with Crippen LogP contribution in [0.3, 0.4) is 0 Å². The Morgan fingerprint density at radius 2 is 1.58 bits per heavy atom. The van der Waals surface area contributed by atoms with Crippen LogP contribution in [0.4, 0.5) is 4.39 Å². The van der Waals surface area contributed by atoms with Crippen molar-refractivity contribution in [3.63, 3.8) is 0 Å². The lowest BCUT2D eigenvalue weighted by Gasteiger charge is -2.30. The van der Waals surface area contributed by atoms with Crippen LogP contribution in [0.2, 0.25) is 0 Å². The monoisotopic (exact) mass is 425 g/mol. The molecule has 160 valence electrons. The summed E-state index contributed by atoms with van der Waals surface area (Å²) in [6, 6.07) is 11.2. The van der Waals surface area contributed by atoms with E-state index < -0.39 is 17.9 Å². The lowest BCUT2D eigenvalue weighted by molar-refractivity contribution is -0.137. The van der Waals surface area contributed by atoms with Gasteiger partial charge in [0, 0.05) is 18.9 Å². The highest BCUT2D eigenvalue weighted by Crippen LogP contribution is 2.41. The molecule has 0 bridgehead atoms. The Kier molecular flexibility index (Phi) is 5.62. The van der Waals surface area contributed by atoms with Crippen molar-refractivity contribution in [2.24, 2.45) is 0 Å². The Hall–Kier alpha value is -3.81. The Labute approximate surface area is 178 Å². The van der Waals surface area contributed by atoms with E-state index in [9.17, 15) is 14.0 Å². The van der Waals surface area contributed by atoms with Gasteiger partial charge in [0.2, 0.25) is 6.79 Å². The molecule has 31 heavy (non-hydrogen) atoms. The van der Waals surface area contributed by atoms with Crippen molar-refractivity contribution in [1.29, 1.82) is 0 Å². The van der Waals surface area contributed by atoms with Crippen molar-refractivity contribution in [3.05, 3.63) is 83.0 Å². The number of halogens is 1. The van der Waals surface area contributed by atoms with Crippen LogP contribution in [-0.4, -0.2) is 37.9 Å². The van der Waals surface area contributed by atoms with E-state index in [2.05, 4.69) is 0 Å². The fraction of sp³-hybridized carbons (Fsp3) is 0.217. The van der Waals surface area contributed by atoms with Gasteiger partial charge < -0.3 is 23.8 Å². The van der Waals surface area contributed by atoms with Gasteiger partial charge in [-0.1, -0.05) is 18.2 Å². The minimum absolute atomic E-state index is 0.105. The lowest BCUT2D eigenvalue weighted by atomic mass is 9.83. The van der Waals surface area contributed by atoms with E-state index >= 15 is 0 Å². The summed E-state index contributed by atoms with van der Waals surface area (Å²) < 4.78 is 34.0. The predicted molar refractivity (Wildman–Crippen MR) is 107 cm³/mol. The van der Waals surface area contributed by atoms with Crippen LogP contribution in [0.25, 0.3) is 0 Å². The Morgan fingerprint density at radius 3 is 2.19 bits per heavy atom. The molecule has 0 N–H and O–H groups in total. The molecule has 0 atom stereocenters. The molecular weight excluding hydrogens is 405 g/mol. The van der Waals surface area contributed by atoms with Crippen molar-refractivity contribution in [1.82, 2.24) is 4.90 Å². The first kappa shape index (κ1) is 20.5. The smallest absolute Gasteiger partial charge is 0.336 e. The first-order valence-corrected chi connectivity index (χ1v) is 9.50. The van der Waals surface area contributed by atoms with E-state index in [1.165, 1.54) is 26.4 Å². The van der Waals surface area contributed by atoms with Crippen LogP contribution < -0.4 is 9.47 Å². The normalized spacial score (nSPS) is 15.3.